The molecular weight excluding hydrogens is 236 g/mol. The molecule has 2 heterocycles. The van der Waals surface area contributed by atoms with Crippen molar-refractivity contribution in [2.75, 3.05) is 0 Å². The van der Waals surface area contributed by atoms with Gasteiger partial charge in [0.1, 0.15) is 4.88 Å². The Balaban J connectivity index is 2.03. The lowest BCUT2D eigenvalue weighted by atomic mass is 9.89. The summed E-state index contributed by atoms with van der Waals surface area (Å²) in [5.74, 6) is 0. The fourth-order valence-electron chi connectivity index (χ4n) is 2.73. The predicted molar refractivity (Wildman–Crippen MR) is 66.2 cm³/mol. The van der Waals surface area contributed by atoms with Gasteiger partial charge in [0.15, 0.2) is 0 Å². The summed E-state index contributed by atoms with van der Waals surface area (Å²) < 4.78 is 2.34. The van der Waals surface area contributed by atoms with E-state index in [0.717, 1.165) is 35.3 Å². The fraction of sp³-hybridized carbons (Fsp3) is 0.500. The van der Waals surface area contributed by atoms with E-state index < -0.39 is 0 Å². The molecule has 0 bridgehead atoms. The molecule has 0 aromatic carbocycles. The Bertz CT molecular complexity index is 479. The molecule has 90 valence electrons. The van der Waals surface area contributed by atoms with Crippen molar-refractivity contribution < 1.29 is 14.7 Å². The van der Waals surface area contributed by atoms with Crippen LogP contribution in [0.25, 0.3) is 0 Å². The lowest BCUT2D eigenvalue weighted by Crippen LogP contribution is -2.50. The summed E-state index contributed by atoms with van der Waals surface area (Å²) in [6.07, 6.45) is 5.51. The van der Waals surface area contributed by atoms with Gasteiger partial charge in [-0.15, -0.1) is 11.3 Å². The molecule has 4 nitrogen and oxygen atoms in total. The van der Waals surface area contributed by atoms with Gasteiger partial charge in [-0.2, -0.15) is 4.74 Å². The topological polar surface area (TPSA) is 49.3 Å². The quantitative estimate of drug-likeness (QED) is 0.470. The van der Waals surface area contributed by atoms with E-state index in [1.165, 1.54) is 16.1 Å². The minimum atomic E-state index is -0.101. The number of fused-ring (bicyclic) bond motifs is 1. The van der Waals surface area contributed by atoms with Gasteiger partial charge in [0.05, 0.1) is 0 Å². The summed E-state index contributed by atoms with van der Waals surface area (Å²) in [4.78, 5) is 0.920. The number of thiophene rings is 1. The fourth-order valence-corrected chi connectivity index (χ4v) is 3.45. The van der Waals surface area contributed by atoms with E-state index in [1.54, 1.807) is 6.21 Å². The first kappa shape index (κ1) is 10.8. The zero-order valence-electron chi connectivity index (χ0n) is 9.45. The van der Waals surface area contributed by atoms with Crippen molar-refractivity contribution in [2.24, 2.45) is 0 Å². The standard InChI is InChI=1S/C12H15N2O2S/c15-13-8-11(12-6-3-7-17-12)14(16)10-5-2-1-4-9(10)13/h3,6-10,15H,1-2,4-5H2/q+1/t9-,10-/m1/s1. The highest BCUT2D eigenvalue weighted by atomic mass is 32.1. The maximum Gasteiger partial charge on any atom is 0.297 e. The summed E-state index contributed by atoms with van der Waals surface area (Å²) in [5, 5.41) is 24.3. The molecule has 0 radical (unpaired) electrons. The first-order valence-electron chi connectivity index (χ1n) is 5.96. The van der Waals surface area contributed by atoms with Gasteiger partial charge in [-0.1, -0.05) is 6.07 Å². The second-order valence-corrected chi connectivity index (χ2v) is 5.56. The van der Waals surface area contributed by atoms with Crippen LogP contribution in [-0.2, 0) is 0 Å². The molecule has 0 unspecified atom stereocenters. The van der Waals surface area contributed by atoms with Crippen molar-refractivity contribution in [3.05, 3.63) is 27.6 Å². The normalized spacial score (nSPS) is 28.8. The highest BCUT2D eigenvalue weighted by Crippen LogP contribution is 2.25. The molecular formula is C12H15N2O2S+. The van der Waals surface area contributed by atoms with Crippen LogP contribution >= 0.6 is 11.3 Å². The van der Waals surface area contributed by atoms with Gasteiger partial charge >= 0.3 is 0 Å². The third kappa shape index (κ3) is 1.74. The molecule has 5 heteroatoms. The molecule has 0 spiro atoms. The van der Waals surface area contributed by atoms with Crippen molar-refractivity contribution >= 4 is 23.3 Å². The average molecular weight is 251 g/mol. The first-order valence-corrected chi connectivity index (χ1v) is 6.84. The molecule has 1 N–H and O–H groups in total. The van der Waals surface area contributed by atoms with Gasteiger partial charge in [-0.25, -0.2) is 0 Å². The van der Waals surface area contributed by atoms with E-state index in [9.17, 15) is 10.4 Å². The number of nitrogens with zero attached hydrogens (tertiary/aromatic N) is 2. The SMILES string of the molecule is [O-][N+]1=C(c2cccs2)C=[N+](O)[C@@H]2CCCC[C@H]21. The molecule has 2 aliphatic rings. The third-order valence-corrected chi connectivity index (χ3v) is 4.49. The molecule has 1 saturated carbocycles. The second kappa shape index (κ2) is 4.14. The summed E-state index contributed by atoms with van der Waals surface area (Å²) in [6, 6.07) is 3.70. The van der Waals surface area contributed by atoms with Gasteiger partial charge in [-0.05, 0) is 29.0 Å². The molecule has 0 saturated heterocycles. The number of hydroxylamine groups is 2. The predicted octanol–water partition coefficient (Wildman–Crippen LogP) is 1.84. The minimum Gasteiger partial charge on any atom is -0.623 e. The monoisotopic (exact) mass is 251 g/mol. The summed E-state index contributed by atoms with van der Waals surface area (Å²) in [5.41, 5.74) is 0.589. The maximum atomic E-state index is 12.3. The molecule has 1 aliphatic heterocycles. The molecule has 0 amide bonds. The summed E-state index contributed by atoms with van der Waals surface area (Å²) >= 11 is 1.53. The average Bonchev–Trinajstić information content (AvgIpc) is 2.87. The van der Waals surface area contributed by atoms with Crippen molar-refractivity contribution in [3.63, 3.8) is 0 Å². The van der Waals surface area contributed by atoms with Crippen LogP contribution in [0.5, 0.6) is 0 Å². The maximum absolute atomic E-state index is 12.3. The Kier molecular flexibility index (Phi) is 2.63. The van der Waals surface area contributed by atoms with Gasteiger partial charge in [-0.3, -0.25) is 5.21 Å². The molecule has 1 aromatic rings. The van der Waals surface area contributed by atoms with Gasteiger partial charge in [0.25, 0.3) is 18.0 Å². The van der Waals surface area contributed by atoms with E-state index in [1.807, 2.05) is 17.5 Å². The molecule has 1 fully saturated rings. The van der Waals surface area contributed by atoms with Crippen LogP contribution in [0.2, 0.25) is 0 Å². The van der Waals surface area contributed by atoms with Crippen molar-refractivity contribution in [2.45, 2.75) is 37.8 Å². The Morgan fingerprint density at radius 1 is 1.29 bits per heavy atom. The summed E-state index contributed by atoms with van der Waals surface area (Å²) in [7, 11) is 0. The van der Waals surface area contributed by atoms with Crippen molar-refractivity contribution in [1.29, 1.82) is 0 Å². The number of hydrogen-bond acceptors (Lipinski definition) is 3. The summed E-state index contributed by atoms with van der Waals surface area (Å²) in [6.45, 7) is 0. The molecule has 3 rings (SSSR count). The minimum absolute atomic E-state index is 0.0371. The van der Waals surface area contributed by atoms with Crippen LogP contribution in [0.15, 0.2) is 17.5 Å². The lowest BCUT2D eigenvalue weighted by Gasteiger charge is -2.27. The van der Waals surface area contributed by atoms with Crippen LogP contribution in [0, 0.1) is 5.21 Å². The van der Waals surface area contributed by atoms with Crippen LogP contribution < -0.4 is 0 Å². The highest BCUT2D eigenvalue weighted by molar-refractivity contribution is 7.12. The Hall–Kier alpha value is -1.36. The highest BCUT2D eigenvalue weighted by Gasteiger charge is 2.45. The van der Waals surface area contributed by atoms with Crippen LogP contribution in [0.4, 0.5) is 0 Å². The lowest BCUT2D eigenvalue weighted by molar-refractivity contribution is -0.819. The van der Waals surface area contributed by atoms with Crippen molar-refractivity contribution in [3.8, 4) is 0 Å². The Morgan fingerprint density at radius 2 is 2.06 bits per heavy atom. The van der Waals surface area contributed by atoms with E-state index in [0.29, 0.717) is 5.71 Å². The van der Waals surface area contributed by atoms with Gasteiger partial charge in [0, 0.05) is 12.8 Å². The third-order valence-electron chi connectivity index (χ3n) is 3.60. The Labute approximate surface area is 104 Å². The number of hydrogen-bond donors (Lipinski definition) is 1. The zero-order chi connectivity index (χ0) is 11.8. The van der Waals surface area contributed by atoms with Crippen LogP contribution in [-0.4, -0.2) is 38.7 Å². The first-order chi connectivity index (χ1) is 8.27. The molecule has 1 aliphatic carbocycles. The van der Waals surface area contributed by atoms with Gasteiger partial charge in [0.2, 0.25) is 6.04 Å². The second-order valence-electron chi connectivity index (χ2n) is 4.62. The van der Waals surface area contributed by atoms with Crippen LogP contribution in [0.1, 0.15) is 30.6 Å². The Morgan fingerprint density at radius 3 is 2.76 bits per heavy atom. The molecule has 2 atom stereocenters. The smallest absolute Gasteiger partial charge is 0.297 e. The van der Waals surface area contributed by atoms with E-state index in [-0.39, 0.29) is 12.1 Å². The zero-order valence-corrected chi connectivity index (χ0v) is 10.3. The van der Waals surface area contributed by atoms with E-state index in [2.05, 4.69) is 0 Å². The molecule has 1 aromatic heterocycles. The van der Waals surface area contributed by atoms with Gasteiger partial charge < -0.3 is 5.21 Å². The van der Waals surface area contributed by atoms with E-state index in [4.69, 9.17) is 0 Å². The van der Waals surface area contributed by atoms with Crippen molar-refractivity contribution in [1.82, 2.24) is 0 Å². The number of rotatable bonds is 1. The van der Waals surface area contributed by atoms with Crippen LogP contribution in [0.3, 0.4) is 0 Å². The van der Waals surface area contributed by atoms with E-state index >= 15 is 0 Å². The largest absolute Gasteiger partial charge is 0.623 e. The molecule has 17 heavy (non-hydrogen) atoms.